The van der Waals surface area contributed by atoms with Crippen LogP contribution in [0, 0.1) is 5.92 Å². The summed E-state index contributed by atoms with van der Waals surface area (Å²) < 4.78 is 0. The molecule has 2 bridgehead atoms. The highest BCUT2D eigenvalue weighted by Gasteiger charge is 2.47. The van der Waals surface area contributed by atoms with Gasteiger partial charge in [-0.15, -0.1) is 0 Å². The van der Waals surface area contributed by atoms with Gasteiger partial charge in [-0.1, -0.05) is 23.7 Å². The van der Waals surface area contributed by atoms with Gasteiger partial charge >= 0.3 is 0 Å². The van der Waals surface area contributed by atoms with E-state index < -0.39 is 0 Å². The van der Waals surface area contributed by atoms with Gasteiger partial charge in [0.25, 0.3) is 0 Å². The summed E-state index contributed by atoms with van der Waals surface area (Å²) in [5.41, 5.74) is 1.90. The number of halogens is 1. The number of hydrogen-bond acceptors (Lipinski definition) is 1. The second-order valence-corrected chi connectivity index (χ2v) is 5.13. The molecular weight excluding hydrogens is 194 g/mol. The van der Waals surface area contributed by atoms with Crippen molar-refractivity contribution in [2.24, 2.45) is 5.92 Å². The van der Waals surface area contributed by atoms with Gasteiger partial charge in [0.05, 0.1) is 0 Å². The zero-order valence-corrected chi connectivity index (χ0v) is 8.85. The second-order valence-electron chi connectivity index (χ2n) is 4.69. The van der Waals surface area contributed by atoms with Crippen LogP contribution in [0.15, 0.2) is 24.3 Å². The summed E-state index contributed by atoms with van der Waals surface area (Å²) in [5, 5.41) is 4.34. The van der Waals surface area contributed by atoms with Gasteiger partial charge in [0.1, 0.15) is 0 Å². The first-order valence-electron chi connectivity index (χ1n) is 5.25. The van der Waals surface area contributed by atoms with Gasteiger partial charge in [0.15, 0.2) is 0 Å². The maximum atomic E-state index is 5.89. The molecular formula is C12H14ClN. The van der Waals surface area contributed by atoms with E-state index in [-0.39, 0.29) is 0 Å². The van der Waals surface area contributed by atoms with Crippen molar-refractivity contribution in [3.8, 4) is 0 Å². The highest BCUT2D eigenvalue weighted by atomic mass is 35.5. The van der Waals surface area contributed by atoms with Crippen molar-refractivity contribution < 1.29 is 0 Å². The molecule has 0 aromatic heterocycles. The first-order chi connectivity index (χ1) is 6.78. The minimum absolute atomic E-state index is 0.438. The van der Waals surface area contributed by atoms with Gasteiger partial charge in [-0.2, -0.15) is 0 Å². The topological polar surface area (TPSA) is 12.0 Å². The van der Waals surface area contributed by atoms with Crippen molar-refractivity contribution in [2.75, 3.05) is 13.1 Å². The van der Waals surface area contributed by atoms with Crippen molar-refractivity contribution in [3.05, 3.63) is 34.9 Å². The Kier molecular flexibility index (Phi) is 1.86. The predicted octanol–water partition coefficient (Wildman–Crippen LogP) is 2.59. The molecule has 4 rings (SSSR count). The fraction of sp³-hybridized carbons (Fsp3) is 0.500. The van der Waals surface area contributed by atoms with Crippen LogP contribution in [0.2, 0.25) is 5.02 Å². The van der Waals surface area contributed by atoms with Crippen LogP contribution < -0.4 is 5.32 Å². The third-order valence-corrected chi connectivity index (χ3v) is 3.96. The molecule has 0 amide bonds. The van der Waals surface area contributed by atoms with Crippen LogP contribution in [0.5, 0.6) is 0 Å². The Morgan fingerprint density at radius 2 is 1.93 bits per heavy atom. The van der Waals surface area contributed by atoms with Crippen LogP contribution in [-0.2, 0) is 5.41 Å². The number of hydrogen-bond donors (Lipinski definition) is 1. The molecule has 3 aliphatic rings. The molecule has 2 heterocycles. The van der Waals surface area contributed by atoms with Crippen LogP contribution >= 0.6 is 11.6 Å². The Hall–Kier alpha value is -0.530. The zero-order chi connectivity index (χ0) is 9.60. The molecule has 1 aromatic rings. The molecule has 3 fully saturated rings. The van der Waals surface area contributed by atoms with Crippen molar-refractivity contribution in [3.63, 3.8) is 0 Å². The van der Waals surface area contributed by atoms with E-state index in [2.05, 4.69) is 17.4 Å². The summed E-state index contributed by atoms with van der Waals surface area (Å²) in [7, 11) is 0. The predicted molar refractivity (Wildman–Crippen MR) is 58.7 cm³/mol. The molecule has 1 aliphatic carbocycles. The number of fused-ring (bicyclic) bond motifs is 2. The molecule has 1 nitrogen and oxygen atoms in total. The molecule has 1 aromatic carbocycles. The normalized spacial score (nSPS) is 35.1. The van der Waals surface area contributed by atoms with E-state index in [0.29, 0.717) is 5.41 Å². The summed E-state index contributed by atoms with van der Waals surface area (Å²) in [4.78, 5) is 0. The van der Waals surface area contributed by atoms with E-state index in [9.17, 15) is 0 Å². The third-order valence-electron chi connectivity index (χ3n) is 3.71. The standard InChI is InChI=1S/C12H14ClN/c13-11-3-1-10(2-4-11)12-5-9(6-12)7-14-8-12/h1-4,9,14H,5-8H2. The largest absolute Gasteiger partial charge is 0.316 e. The molecule has 1 saturated carbocycles. The van der Waals surface area contributed by atoms with Crippen LogP contribution in [0.3, 0.4) is 0 Å². The lowest BCUT2D eigenvalue weighted by Gasteiger charge is -2.53. The number of rotatable bonds is 1. The summed E-state index contributed by atoms with van der Waals surface area (Å²) in [6.45, 7) is 2.36. The molecule has 0 unspecified atom stereocenters. The number of piperidine rings is 2. The molecule has 14 heavy (non-hydrogen) atoms. The van der Waals surface area contributed by atoms with Crippen LogP contribution in [0.25, 0.3) is 0 Å². The summed E-state index contributed by atoms with van der Waals surface area (Å²) >= 11 is 5.89. The summed E-state index contributed by atoms with van der Waals surface area (Å²) in [5.74, 6) is 0.916. The second kappa shape index (κ2) is 2.98. The third kappa shape index (κ3) is 1.19. The molecule has 0 atom stereocenters. The fourth-order valence-electron chi connectivity index (χ4n) is 2.99. The van der Waals surface area contributed by atoms with E-state index in [4.69, 9.17) is 11.6 Å². The SMILES string of the molecule is Clc1ccc(C23CNCC(C2)C3)cc1. The van der Waals surface area contributed by atoms with Gasteiger partial charge in [0, 0.05) is 17.0 Å². The molecule has 2 heteroatoms. The van der Waals surface area contributed by atoms with Gasteiger partial charge in [-0.25, -0.2) is 0 Å². The maximum absolute atomic E-state index is 5.89. The van der Waals surface area contributed by atoms with E-state index in [1.54, 1.807) is 0 Å². The summed E-state index contributed by atoms with van der Waals surface area (Å²) in [6.07, 6.45) is 2.73. The Morgan fingerprint density at radius 1 is 1.21 bits per heavy atom. The Labute approximate surface area is 89.5 Å². The Balaban J connectivity index is 1.91. The Bertz CT molecular complexity index is 332. The maximum Gasteiger partial charge on any atom is 0.0406 e. The van der Waals surface area contributed by atoms with Crippen molar-refractivity contribution >= 4 is 11.6 Å². The number of benzene rings is 1. The van der Waals surface area contributed by atoms with Gasteiger partial charge in [-0.3, -0.25) is 0 Å². The highest BCUT2D eigenvalue weighted by molar-refractivity contribution is 6.30. The summed E-state index contributed by atoms with van der Waals surface area (Å²) in [6, 6.07) is 8.39. The fourth-order valence-corrected chi connectivity index (χ4v) is 3.12. The molecule has 74 valence electrons. The lowest BCUT2D eigenvalue weighted by Crippen LogP contribution is -2.57. The van der Waals surface area contributed by atoms with Gasteiger partial charge in [-0.05, 0) is 43.0 Å². The first kappa shape index (κ1) is 8.75. The monoisotopic (exact) mass is 207 g/mol. The average molecular weight is 208 g/mol. The first-order valence-corrected chi connectivity index (χ1v) is 5.63. The van der Waals surface area contributed by atoms with Gasteiger partial charge < -0.3 is 5.32 Å². The molecule has 0 spiro atoms. The minimum Gasteiger partial charge on any atom is -0.316 e. The van der Waals surface area contributed by atoms with Crippen LogP contribution in [-0.4, -0.2) is 13.1 Å². The minimum atomic E-state index is 0.438. The van der Waals surface area contributed by atoms with Crippen LogP contribution in [0.1, 0.15) is 18.4 Å². The van der Waals surface area contributed by atoms with E-state index in [0.717, 1.165) is 17.5 Å². The van der Waals surface area contributed by atoms with E-state index >= 15 is 0 Å². The van der Waals surface area contributed by atoms with Crippen molar-refractivity contribution in [1.82, 2.24) is 5.32 Å². The lowest BCUT2D eigenvalue weighted by molar-refractivity contribution is 0.0901. The van der Waals surface area contributed by atoms with Gasteiger partial charge in [0.2, 0.25) is 0 Å². The quantitative estimate of drug-likeness (QED) is 0.747. The molecule has 1 N–H and O–H groups in total. The molecule has 2 aliphatic heterocycles. The smallest absolute Gasteiger partial charge is 0.0406 e. The average Bonchev–Trinajstić information content (AvgIpc) is 2.18. The van der Waals surface area contributed by atoms with E-state index in [1.807, 2.05) is 12.1 Å². The number of nitrogens with one attached hydrogen (secondary N) is 1. The van der Waals surface area contributed by atoms with Crippen LogP contribution in [0.4, 0.5) is 0 Å². The lowest BCUT2D eigenvalue weighted by atomic mass is 9.56. The van der Waals surface area contributed by atoms with Crippen molar-refractivity contribution in [2.45, 2.75) is 18.3 Å². The molecule has 0 radical (unpaired) electrons. The van der Waals surface area contributed by atoms with Crippen molar-refractivity contribution in [1.29, 1.82) is 0 Å². The highest BCUT2D eigenvalue weighted by Crippen LogP contribution is 2.49. The zero-order valence-electron chi connectivity index (χ0n) is 8.09. The molecule has 2 saturated heterocycles. The van der Waals surface area contributed by atoms with E-state index in [1.165, 1.54) is 24.9 Å². The Morgan fingerprint density at radius 3 is 2.50 bits per heavy atom.